The number of aryl methyl sites for hydroxylation is 1. The Kier molecular flexibility index (Phi) is 5.62. The van der Waals surface area contributed by atoms with Crippen molar-refractivity contribution >= 4 is 34.0 Å². The van der Waals surface area contributed by atoms with Crippen LogP contribution in [0.5, 0.6) is 0 Å². The average molecular weight is 391 g/mol. The molecule has 0 unspecified atom stereocenters. The Bertz CT molecular complexity index is 878. The van der Waals surface area contributed by atoms with E-state index in [2.05, 4.69) is 15.8 Å². The van der Waals surface area contributed by atoms with Crippen LogP contribution in [0, 0.1) is 17.0 Å². The van der Waals surface area contributed by atoms with Gasteiger partial charge in [0.05, 0.1) is 23.8 Å². The van der Waals surface area contributed by atoms with Crippen molar-refractivity contribution < 1.29 is 19.2 Å². The molecular weight excluding hydrogens is 374 g/mol. The Hall–Kier alpha value is -3.05. The van der Waals surface area contributed by atoms with Gasteiger partial charge in [-0.05, 0) is 13.0 Å². The zero-order valence-corrected chi connectivity index (χ0v) is 15.2. The number of carbonyl (C=O) groups excluding carboxylic acids is 2. The number of thiazole rings is 1. The number of hydrogen-bond acceptors (Lipinski definition) is 8. The fourth-order valence-electron chi connectivity index (χ4n) is 2.49. The van der Waals surface area contributed by atoms with Gasteiger partial charge in [-0.2, -0.15) is 0 Å². The Morgan fingerprint density at radius 3 is 2.67 bits per heavy atom. The fourth-order valence-corrected chi connectivity index (χ4v) is 3.50. The zero-order valence-electron chi connectivity index (χ0n) is 14.4. The van der Waals surface area contributed by atoms with Crippen LogP contribution in [0.1, 0.15) is 25.7 Å². The molecule has 1 fully saturated rings. The van der Waals surface area contributed by atoms with Crippen LogP contribution in [0.15, 0.2) is 24.3 Å². The van der Waals surface area contributed by atoms with Gasteiger partial charge in [-0.25, -0.2) is 4.98 Å². The predicted molar refractivity (Wildman–Crippen MR) is 97.9 cm³/mol. The molecule has 2 N–H and O–H groups in total. The molecule has 11 heteroatoms. The second kappa shape index (κ2) is 8.10. The molecule has 0 atom stereocenters. The minimum atomic E-state index is -0.650. The van der Waals surface area contributed by atoms with Crippen molar-refractivity contribution in [2.75, 3.05) is 31.2 Å². The third-order valence-corrected chi connectivity index (χ3v) is 5.10. The van der Waals surface area contributed by atoms with E-state index in [4.69, 9.17) is 4.74 Å². The molecule has 2 amide bonds. The molecule has 0 radical (unpaired) electrons. The number of hydrazine groups is 1. The van der Waals surface area contributed by atoms with E-state index in [0.29, 0.717) is 36.9 Å². The molecular formula is C16H17N5O5S. The zero-order chi connectivity index (χ0) is 19.4. The lowest BCUT2D eigenvalue weighted by Crippen LogP contribution is -2.41. The first kappa shape index (κ1) is 18.7. The number of aromatic nitrogens is 1. The summed E-state index contributed by atoms with van der Waals surface area (Å²) in [6.45, 7) is 4.35. The first-order valence-electron chi connectivity index (χ1n) is 8.11. The molecule has 10 nitrogen and oxygen atoms in total. The Morgan fingerprint density at radius 2 is 1.96 bits per heavy atom. The number of morpholine rings is 1. The van der Waals surface area contributed by atoms with Crippen LogP contribution in [0.4, 0.5) is 10.8 Å². The van der Waals surface area contributed by atoms with Gasteiger partial charge in [0.2, 0.25) is 0 Å². The topological polar surface area (TPSA) is 127 Å². The molecule has 1 aromatic carbocycles. The molecule has 1 saturated heterocycles. The lowest BCUT2D eigenvalue weighted by atomic mass is 10.2. The third kappa shape index (κ3) is 4.38. The van der Waals surface area contributed by atoms with Crippen LogP contribution >= 0.6 is 11.3 Å². The number of nitrogens with zero attached hydrogens (tertiary/aromatic N) is 3. The maximum absolute atomic E-state index is 12.4. The molecule has 2 aromatic rings. The van der Waals surface area contributed by atoms with Crippen molar-refractivity contribution in [1.82, 2.24) is 15.8 Å². The minimum absolute atomic E-state index is 0.0690. The van der Waals surface area contributed by atoms with Crippen LogP contribution in [0.2, 0.25) is 0 Å². The highest BCUT2D eigenvalue weighted by Crippen LogP contribution is 2.26. The molecule has 0 aliphatic carbocycles. The van der Waals surface area contributed by atoms with Gasteiger partial charge < -0.3 is 9.64 Å². The first-order valence-corrected chi connectivity index (χ1v) is 8.92. The Balaban J connectivity index is 1.64. The highest BCUT2D eigenvalue weighted by atomic mass is 32.1. The van der Waals surface area contributed by atoms with Crippen molar-refractivity contribution in [3.8, 4) is 0 Å². The van der Waals surface area contributed by atoms with Crippen molar-refractivity contribution in [3.63, 3.8) is 0 Å². The third-order valence-electron chi connectivity index (χ3n) is 3.88. The van der Waals surface area contributed by atoms with Gasteiger partial charge in [-0.15, -0.1) is 0 Å². The van der Waals surface area contributed by atoms with E-state index < -0.39 is 16.7 Å². The van der Waals surface area contributed by atoms with Crippen molar-refractivity contribution in [2.24, 2.45) is 0 Å². The number of rotatable bonds is 4. The van der Waals surface area contributed by atoms with Gasteiger partial charge >= 0.3 is 0 Å². The molecule has 1 aromatic heterocycles. The van der Waals surface area contributed by atoms with E-state index in [9.17, 15) is 19.7 Å². The van der Waals surface area contributed by atoms with E-state index in [1.54, 1.807) is 6.92 Å². The molecule has 2 heterocycles. The number of nitro groups is 1. The normalized spacial score (nSPS) is 13.9. The van der Waals surface area contributed by atoms with Crippen molar-refractivity contribution in [3.05, 3.63) is 50.5 Å². The fraction of sp³-hybridized carbons (Fsp3) is 0.312. The van der Waals surface area contributed by atoms with Gasteiger partial charge in [0, 0.05) is 30.8 Å². The summed E-state index contributed by atoms with van der Waals surface area (Å²) in [5.41, 5.74) is 5.01. The van der Waals surface area contributed by atoms with E-state index >= 15 is 0 Å². The smallest absolute Gasteiger partial charge is 0.281 e. The number of nitro benzene ring substituents is 1. The highest BCUT2D eigenvalue weighted by molar-refractivity contribution is 7.17. The molecule has 0 spiro atoms. The summed E-state index contributed by atoms with van der Waals surface area (Å²) in [5, 5.41) is 11.5. The number of anilines is 1. The molecule has 1 aliphatic heterocycles. The highest BCUT2D eigenvalue weighted by Gasteiger charge is 2.21. The number of non-ortho nitro benzene ring substituents is 1. The largest absolute Gasteiger partial charge is 0.378 e. The summed E-state index contributed by atoms with van der Waals surface area (Å²) in [6.07, 6.45) is 0. The number of benzene rings is 1. The molecule has 3 rings (SSSR count). The number of ether oxygens (including phenoxy) is 1. The van der Waals surface area contributed by atoms with E-state index in [0.717, 1.165) is 11.2 Å². The lowest BCUT2D eigenvalue weighted by molar-refractivity contribution is -0.384. The summed E-state index contributed by atoms with van der Waals surface area (Å²) < 4.78 is 5.30. The number of amides is 2. The van der Waals surface area contributed by atoms with Crippen LogP contribution in [0.25, 0.3) is 0 Å². The second-order valence-electron chi connectivity index (χ2n) is 5.73. The van der Waals surface area contributed by atoms with Gasteiger partial charge in [-0.1, -0.05) is 17.4 Å². The maximum atomic E-state index is 12.4. The first-order chi connectivity index (χ1) is 13.0. The van der Waals surface area contributed by atoms with Crippen molar-refractivity contribution in [1.29, 1.82) is 0 Å². The second-order valence-corrected chi connectivity index (χ2v) is 6.70. The Morgan fingerprint density at radius 1 is 1.26 bits per heavy atom. The van der Waals surface area contributed by atoms with Crippen LogP contribution in [-0.4, -0.2) is 48.0 Å². The summed E-state index contributed by atoms with van der Waals surface area (Å²) >= 11 is 1.23. The SMILES string of the molecule is Cc1nc(N2CCOCC2)sc1C(=O)NNC(=O)c1cccc([N+](=O)[O-])c1. The van der Waals surface area contributed by atoms with Gasteiger partial charge in [0.15, 0.2) is 5.13 Å². The van der Waals surface area contributed by atoms with Gasteiger partial charge in [0.1, 0.15) is 4.88 Å². The molecule has 0 bridgehead atoms. The number of nitrogens with one attached hydrogen (secondary N) is 2. The van der Waals surface area contributed by atoms with Crippen molar-refractivity contribution in [2.45, 2.75) is 6.92 Å². The predicted octanol–water partition coefficient (Wildman–Crippen LogP) is 1.27. The standard InChI is InChI=1S/C16H17N5O5S/c1-10-13(27-16(17-10)20-5-7-26-8-6-20)15(23)19-18-14(22)11-3-2-4-12(9-11)21(24)25/h2-4,9H,5-8H2,1H3,(H,18,22)(H,19,23). The van der Waals surface area contributed by atoms with Crippen LogP contribution < -0.4 is 15.8 Å². The number of hydrogen-bond donors (Lipinski definition) is 2. The van der Waals surface area contributed by atoms with Gasteiger partial charge in [-0.3, -0.25) is 30.6 Å². The lowest BCUT2D eigenvalue weighted by Gasteiger charge is -2.25. The molecule has 1 aliphatic rings. The number of carbonyl (C=O) groups is 2. The average Bonchev–Trinajstić information content (AvgIpc) is 3.08. The summed E-state index contributed by atoms with van der Waals surface area (Å²) in [4.78, 5) is 41.5. The van der Waals surface area contributed by atoms with E-state index in [1.165, 1.54) is 29.5 Å². The maximum Gasteiger partial charge on any atom is 0.281 e. The summed E-state index contributed by atoms with van der Waals surface area (Å²) in [5.74, 6) is -1.15. The summed E-state index contributed by atoms with van der Waals surface area (Å²) in [6, 6.07) is 5.24. The minimum Gasteiger partial charge on any atom is -0.378 e. The van der Waals surface area contributed by atoms with Gasteiger partial charge in [0.25, 0.3) is 17.5 Å². The summed E-state index contributed by atoms with van der Waals surface area (Å²) in [7, 11) is 0. The quantitative estimate of drug-likeness (QED) is 0.593. The molecule has 27 heavy (non-hydrogen) atoms. The monoisotopic (exact) mass is 391 g/mol. The van der Waals surface area contributed by atoms with Crippen LogP contribution in [-0.2, 0) is 4.74 Å². The van der Waals surface area contributed by atoms with E-state index in [-0.39, 0.29) is 11.3 Å². The Labute approximate surface area is 158 Å². The molecule has 142 valence electrons. The van der Waals surface area contributed by atoms with E-state index in [1.807, 2.05) is 4.90 Å². The molecule has 0 saturated carbocycles. The van der Waals surface area contributed by atoms with Crippen LogP contribution in [0.3, 0.4) is 0 Å².